The molecule has 0 aliphatic carbocycles. The average molecular weight is 411 g/mol. The third kappa shape index (κ3) is 4.32. The monoisotopic (exact) mass is 410 g/mol. The highest BCUT2D eigenvalue weighted by atomic mass is 35.5. The summed E-state index contributed by atoms with van der Waals surface area (Å²) in [6, 6.07) is 5.59. The molecule has 0 aliphatic rings. The third-order valence-corrected chi connectivity index (χ3v) is 6.70. The maximum atomic E-state index is 12.0. The molecule has 0 saturated carbocycles. The van der Waals surface area contributed by atoms with Gasteiger partial charge in [-0.25, -0.2) is 18.5 Å². The lowest BCUT2D eigenvalue weighted by Gasteiger charge is -2.06. The summed E-state index contributed by atoms with van der Waals surface area (Å²) in [6.45, 7) is 4.67. The number of rotatable bonds is 6. The molecule has 2 N–H and O–H groups in total. The maximum Gasteiger partial charge on any atom is 0.248 e. The highest BCUT2D eigenvalue weighted by molar-refractivity contribution is 7.91. The number of halogens is 1. The summed E-state index contributed by atoms with van der Waals surface area (Å²) in [7, 11) is -3.79. The van der Waals surface area contributed by atoms with Crippen LogP contribution >= 0.6 is 22.9 Å². The van der Waals surface area contributed by atoms with Crippen molar-refractivity contribution in [1.29, 1.82) is 0 Å². The second kappa shape index (κ2) is 7.48. The minimum atomic E-state index is -3.79. The molecule has 3 aromatic rings. The van der Waals surface area contributed by atoms with E-state index in [9.17, 15) is 8.42 Å². The molecule has 0 unspecified atom stereocenters. The van der Waals surface area contributed by atoms with Gasteiger partial charge in [-0.1, -0.05) is 19.9 Å². The Hall–Kier alpha value is -1.74. The van der Waals surface area contributed by atoms with Gasteiger partial charge in [0, 0.05) is 34.6 Å². The number of primary sulfonamides is 1. The van der Waals surface area contributed by atoms with E-state index < -0.39 is 10.0 Å². The van der Waals surface area contributed by atoms with Gasteiger partial charge >= 0.3 is 0 Å². The number of imidazole rings is 1. The van der Waals surface area contributed by atoms with E-state index in [1.54, 1.807) is 23.2 Å². The lowest BCUT2D eigenvalue weighted by Crippen LogP contribution is -2.11. The van der Waals surface area contributed by atoms with Gasteiger partial charge in [-0.3, -0.25) is 4.98 Å². The Kier molecular flexibility index (Phi) is 5.47. The summed E-state index contributed by atoms with van der Waals surface area (Å²) >= 11 is 7.21. The first-order valence-corrected chi connectivity index (χ1v) is 10.8. The van der Waals surface area contributed by atoms with E-state index in [-0.39, 0.29) is 4.21 Å². The van der Waals surface area contributed by atoms with Gasteiger partial charge in [0.25, 0.3) is 0 Å². The molecule has 3 rings (SSSR count). The molecule has 0 amide bonds. The van der Waals surface area contributed by atoms with Crippen molar-refractivity contribution in [2.75, 3.05) is 0 Å². The molecule has 9 heteroatoms. The van der Waals surface area contributed by atoms with E-state index in [4.69, 9.17) is 16.7 Å². The van der Waals surface area contributed by atoms with Gasteiger partial charge in [0.2, 0.25) is 15.3 Å². The van der Waals surface area contributed by atoms with Gasteiger partial charge in [-0.2, -0.15) is 0 Å². The molecular weight excluding hydrogens is 392 g/mol. The van der Waals surface area contributed by atoms with Crippen LogP contribution in [0.1, 0.15) is 24.4 Å². The molecule has 26 heavy (non-hydrogen) atoms. The van der Waals surface area contributed by atoms with Crippen LogP contribution in [0, 0.1) is 5.92 Å². The summed E-state index contributed by atoms with van der Waals surface area (Å²) in [5.74, 6) is 0.426. The quantitative estimate of drug-likeness (QED) is 0.672. The van der Waals surface area contributed by atoms with E-state index in [1.807, 2.05) is 18.2 Å². The average Bonchev–Trinajstić information content (AvgIpc) is 3.14. The number of pyridine rings is 1. The SMILES string of the molecule is CC(C)Cc1cc(-c2ccc(Cn3ccnc3Cl)nc2)c(S(N)(=O)=O)s1. The Balaban J connectivity index is 1.93. The number of sulfonamides is 1. The number of aromatic nitrogens is 3. The van der Waals surface area contributed by atoms with Gasteiger partial charge in [-0.15, -0.1) is 11.3 Å². The Morgan fingerprint density at radius 2 is 2.08 bits per heavy atom. The molecule has 6 nitrogen and oxygen atoms in total. The maximum absolute atomic E-state index is 12.0. The van der Waals surface area contributed by atoms with Gasteiger partial charge < -0.3 is 4.57 Å². The minimum absolute atomic E-state index is 0.181. The first-order chi connectivity index (χ1) is 12.2. The molecule has 0 spiro atoms. The van der Waals surface area contributed by atoms with Crippen molar-refractivity contribution in [2.45, 2.75) is 31.0 Å². The highest BCUT2D eigenvalue weighted by Gasteiger charge is 2.20. The van der Waals surface area contributed by atoms with Crippen molar-refractivity contribution in [3.05, 3.63) is 52.6 Å². The second-order valence-corrected chi connectivity index (χ2v) is 9.65. The molecule has 3 heterocycles. The molecule has 0 aliphatic heterocycles. The summed E-state index contributed by atoms with van der Waals surface area (Å²) < 4.78 is 25.9. The standard InChI is InChI=1S/C17H19ClN4O2S2/c1-11(2)7-14-8-15(16(25-14)26(19,23)24)12-3-4-13(21-9-12)10-22-6-5-20-17(22)18/h3-6,8-9,11H,7,10H2,1-2H3,(H2,19,23,24). The Morgan fingerprint density at radius 3 is 2.62 bits per heavy atom. The lowest BCUT2D eigenvalue weighted by atomic mass is 10.1. The van der Waals surface area contributed by atoms with Crippen molar-refractivity contribution in [2.24, 2.45) is 11.1 Å². The van der Waals surface area contributed by atoms with Crippen molar-refractivity contribution < 1.29 is 8.42 Å². The summed E-state index contributed by atoms with van der Waals surface area (Å²) in [6.07, 6.45) is 5.86. The van der Waals surface area contributed by atoms with E-state index in [2.05, 4.69) is 23.8 Å². The van der Waals surface area contributed by atoms with Crippen molar-refractivity contribution in [3.8, 4) is 11.1 Å². The van der Waals surface area contributed by atoms with Crippen LogP contribution in [0.3, 0.4) is 0 Å². The molecule has 3 aromatic heterocycles. The Morgan fingerprint density at radius 1 is 1.31 bits per heavy atom. The fraction of sp³-hybridized carbons (Fsp3) is 0.294. The van der Waals surface area contributed by atoms with Gasteiger partial charge in [0.1, 0.15) is 4.21 Å². The molecular formula is C17H19ClN4O2S2. The Bertz CT molecular complexity index is 1010. The van der Waals surface area contributed by atoms with Crippen LogP contribution in [0.4, 0.5) is 0 Å². The zero-order chi connectivity index (χ0) is 18.9. The van der Waals surface area contributed by atoms with Crippen molar-refractivity contribution in [3.63, 3.8) is 0 Å². The van der Waals surface area contributed by atoms with Crippen molar-refractivity contribution in [1.82, 2.24) is 14.5 Å². The van der Waals surface area contributed by atoms with Crippen LogP contribution in [0.15, 0.2) is 41.0 Å². The van der Waals surface area contributed by atoms with Crippen LogP contribution < -0.4 is 5.14 Å². The minimum Gasteiger partial charge on any atom is -0.316 e. The van der Waals surface area contributed by atoms with Crippen LogP contribution in [-0.2, 0) is 23.0 Å². The first kappa shape index (κ1) is 19.0. The zero-order valence-electron chi connectivity index (χ0n) is 14.4. The van der Waals surface area contributed by atoms with Gasteiger partial charge in [0.15, 0.2) is 0 Å². The summed E-state index contributed by atoms with van der Waals surface area (Å²) in [5, 5.41) is 5.81. The van der Waals surface area contributed by atoms with E-state index in [0.29, 0.717) is 23.3 Å². The highest BCUT2D eigenvalue weighted by Crippen LogP contribution is 2.35. The predicted molar refractivity (Wildman–Crippen MR) is 104 cm³/mol. The number of thiophene rings is 1. The number of hydrogen-bond acceptors (Lipinski definition) is 5. The van der Waals surface area contributed by atoms with E-state index in [1.165, 1.54) is 11.3 Å². The second-order valence-electron chi connectivity index (χ2n) is 6.42. The molecule has 0 saturated heterocycles. The summed E-state index contributed by atoms with van der Waals surface area (Å²) in [5.41, 5.74) is 2.12. The number of nitrogens with two attached hydrogens (primary N) is 1. The number of nitrogens with zero attached hydrogens (tertiary/aromatic N) is 3. The van der Waals surface area contributed by atoms with Crippen LogP contribution in [0.25, 0.3) is 11.1 Å². The topological polar surface area (TPSA) is 90.9 Å². The number of hydrogen-bond donors (Lipinski definition) is 1. The molecule has 0 bridgehead atoms. The molecule has 0 atom stereocenters. The fourth-order valence-electron chi connectivity index (χ4n) is 2.62. The molecule has 0 fully saturated rings. The van der Waals surface area contributed by atoms with Crippen LogP contribution in [-0.4, -0.2) is 23.0 Å². The smallest absolute Gasteiger partial charge is 0.248 e. The van der Waals surface area contributed by atoms with Gasteiger partial charge in [-0.05, 0) is 36.1 Å². The first-order valence-electron chi connectivity index (χ1n) is 8.01. The Labute approximate surface area is 161 Å². The van der Waals surface area contributed by atoms with Crippen LogP contribution in [0.2, 0.25) is 5.28 Å². The van der Waals surface area contributed by atoms with E-state index >= 15 is 0 Å². The zero-order valence-corrected chi connectivity index (χ0v) is 16.8. The van der Waals surface area contributed by atoms with Gasteiger partial charge in [0.05, 0.1) is 12.2 Å². The molecule has 0 radical (unpaired) electrons. The normalized spacial score (nSPS) is 12.0. The van der Waals surface area contributed by atoms with E-state index in [0.717, 1.165) is 22.6 Å². The lowest BCUT2D eigenvalue weighted by molar-refractivity contribution is 0.600. The molecule has 0 aromatic carbocycles. The molecule has 138 valence electrons. The van der Waals surface area contributed by atoms with Crippen LogP contribution in [0.5, 0.6) is 0 Å². The summed E-state index contributed by atoms with van der Waals surface area (Å²) in [4.78, 5) is 9.38. The third-order valence-electron chi connectivity index (χ3n) is 3.75. The fourth-order valence-corrected chi connectivity index (χ4v) is 5.18. The predicted octanol–water partition coefficient (Wildman–Crippen LogP) is 3.55. The van der Waals surface area contributed by atoms with Crippen molar-refractivity contribution >= 4 is 33.0 Å². The largest absolute Gasteiger partial charge is 0.316 e.